The molecule has 0 unspecified atom stereocenters. The number of para-hydroxylation sites is 6. The maximum absolute atomic E-state index is 6.88. The Morgan fingerprint density at radius 3 is 1.65 bits per heavy atom. The molecule has 0 amide bonds. The molecule has 13 rings (SSSR count). The minimum atomic E-state index is 0.879. The van der Waals surface area contributed by atoms with E-state index in [-0.39, 0.29) is 0 Å². The Kier molecular flexibility index (Phi) is 7.91. The number of nitrogens with zero attached hydrogens (tertiary/aromatic N) is 2. The summed E-state index contributed by atoms with van der Waals surface area (Å²) >= 11 is 0. The summed E-state index contributed by atoms with van der Waals surface area (Å²) in [5.74, 6) is 0. The first-order chi connectivity index (χ1) is 31.3. The van der Waals surface area contributed by atoms with Crippen LogP contribution in [0.15, 0.2) is 235 Å². The molecule has 3 nitrogen and oxygen atoms in total. The average molecular weight is 803 g/mol. The highest BCUT2D eigenvalue weighted by molar-refractivity contribution is 6.16. The van der Waals surface area contributed by atoms with Gasteiger partial charge in [-0.3, -0.25) is 0 Å². The fourth-order valence-corrected chi connectivity index (χ4v) is 10.1. The van der Waals surface area contributed by atoms with Crippen molar-refractivity contribution in [2.45, 2.75) is 0 Å². The summed E-state index contributed by atoms with van der Waals surface area (Å²) < 4.78 is 9.31. The maximum atomic E-state index is 6.88. The second-order valence-electron chi connectivity index (χ2n) is 16.4. The normalized spacial score (nSPS) is 11.8. The van der Waals surface area contributed by atoms with E-state index in [2.05, 4.69) is 240 Å². The van der Waals surface area contributed by atoms with Crippen LogP contribution in [0.1, 0.15) is 0 Å². The Bertz CT molecular complexity index is 3870. The van der Waals surface area contributed by atoms with Gasteiger partial charge in [0.15, 0.2) is 0 Å². The molecular formula is C60H38N2O. The quantitative estimate of drug-likeness (QED) is 0.156. The first-order valence-corrected chi connectivity index (χ1v) is 21.6. The van der Waals surface area contributed by atoms with Crippen LogP contribution in [0.3, 0.4) is 0 Å². The third-order valence-electron chi connectivity index (χ3n) is 12.9. The molecule has 0 aliphatic rings. The number of anilines is 3. The van der Waals surface area contributed by atoms with Gasteiger partial charge in [0.25, 0.3) is 0 Å². The lowest BCUT2D eigenvalue weighted by molar-refractivity contribution is 0.670. The predicted molar refractivity (Wildman–Crippen MR) is 266 cm³/mol. The van der Waals surface area contributed by atoms with Gasteiger partial charge < -0.3 is 13.9 Å². The van der Waals surface area contributed by atoms with Crippen molar-refractivity contribution in [3.63, 3.8) is 0 Å². The standard InChI is InChI=1S/C60H38N2O/c1-2-17-41-38-59-53(36-40(41)16-1)51-26-15-25-50(60(51)63-59)49-24-9-10-27-54(49)61(57-30-13-14-31-58(57)62-55-28-11-7-22-47(55)48-23-8-12-29-56(48)62)43-34-32-39(33-35-43)52-37-42-18-3-4-19-44(42)45-20-5-6-21-46(45)52/h1-38H. The van der Waals surface area contributed by atoms with E-state index in [1.807, 2.05) is 0 Å². The van der Waals surface area contributed by atoms with Crippen LogP contribution in [0.5, 0.6) is 0 Å². The summed E-state index contributed by atoms with van der Waals surface area (Å²) in [5, 5.41) is 12.1. The van der Waals surface area contributed by atoms with Crippen LogP contribution in [0.25, 0.3) is 104 Å². The highest BCUT2D eigenvalue weighted by Crippen LogP contribution is 2.48. The minimum Gasteiger partial charge on any atom is -0.455 e. The zero-order valence-electron chi connectivity index (χ0n) is 34.2. The molecular weight excluding hydrogens is 765 g/mol. The van der Waals surface area contributed by atoms with Crippen LogP contribution in [-0.2, 0) is 0 Å². The molecule has 2 aromatic heterocycles. The number of hydrogen-bond donors (Lipinski definition) is 0. The first kappa shape index (κ1) is 35.4. The van der Waals surface area contributed by atoms with Gasteiger partial charge >= 0.3 is 0 Å². The molecule has 0 radical (unpaired) electrons. The molecule has 63 heavy (non-hydrogen) atoms. The molecule has 0 bridgehead atoms. The third kappa shape index (κ3) is 5.53. The van der Waals surface area contributed by atoms with Gasteiger partial charge in [-0.1, -0.05) is 170 Å². The van der Waals surface area contributed by atoms with Crippen LogP contribution >= 0.6 is 0 Å². The maximum Gasteiger partial charge on any atom is 0.143 e. The SMILES string of the molecule is c1ccc(N(c2ccc(-c3cc4ccccc4c4ccccc34)cc2)c2ccccc2-n2c3ccccc3c3ccccc32)c(-c2cccc3c2oc2cc4ccccc4cc23)c1. The summed E-state index contributed by atoms with van der Waals surface area (Å²) in [5.41, 5.74) is 12.8. The molecule has 0 aliphatic carbocycles. The Labute approximate surface area is 363 Å². The van der Waals surface area contributed by atoms with Crippen molar-refractivity contribution in [3.05, 3.63) is 231 Å². The molecule has 0 spiro atoms. The zero-order valence-corrected chi connectivity index (χ0v) is 34.2. The minimum absolute atomic E-state index is 0.879. The monoisotopic (exact) mass is 802 g/mol. The van der Waals surface area contributed by atoms with Crippen LogP contribution in [0.4, 0.5) is 17.1 Å². The summed E-state index contributed by atoms with van der Waals surface area (Å²) in [6.07, 6.45) is 0. The lowest BCUT2D eigenvalue weighted by atomic mass is 9.93. The van der Waals surface area contributed by atoms with E-state index in [4.69, 9.17) is 4.42 Å². The summed E-state index contributed by atoms with van der Waals surface area (Å²) in [6.45, 7) is 0. The van der Waals surface area contributed by atoms with Crippen LogP contribution < -0.4 is 4.90 Å². The smallest absolute Gasteiger partial charge is 0.143 e. The van der Waals surface area contributed by atoms with Gasteiger partial charge in [0, 0.05) is 38.4 Å². The molecule has 0 aliphatic heterocycles. The van der Waals surface area contributed by atoms with E-state index in [1.54, 1.807) is 0 Å². The molecule has 13 aromatic rings. The second-order valence-corrected chi connectivity index (χ2v) is 16.4. The van der Waals surface area contributed by atoms with Crippen molar-refractivity contribution in [3.8, 4) is 27.9 Å². The number of hydrogen-bond acceptors (Lipinski definition) is 2. The molecule has 0 atom stereocenters. The van der Waals surface area contributed by atoms with Gasteiger partial charge in [0.1, 0.15) is 11.2 Å². The Balaban J connectivity index is 1.06. The van der Waals surface area contributed by atoms with E-state index in [1.165, 1.54) is 54.2 Å². The van der Waals surface area contributed by atoms with Crippen molar-refractivity contribution >= 4 is 93.1 Å². The van der Waals surface area contributed by atoms with Gasteiger partial charge in [0.05, 0.1) is 28.1 Å². The predicted octanol–water partition coefficient (Wildman–Crippen LogP) is 16.9. The molecule has 0 N–H and O–H groups in total. The number of furan rings is 1. The molecule has 0 saturated carbocycles. The lowest BCUT2D eigenvalue weighted by Gasteiger charge is -2.30. The average Bonchev–Trinajstić information content (AvgIpc) is 3.89. The van der Waals surface area contributed by atoms with Crippen LogP contribution in [0, 0.1) is 0 Å². The number of rotatable bonds is 6. The zero-order chi connectivity index (χ0) is 41.4. The molecule has 294 valence electrons. The summed E-state index contributed by atoms with van der Waals surface area (Å²) in [4.78, 5) is 2.44. The molecule has 11 aromatic carbocycles. The van der Waals surface area contributed by atoms with E-state index >= 15 is 0 Å². The Morgan fingerprint density at radius 1 is 0.333 bits per heavy atom. The molecule has 3 heteroatoms. The third-order valence-corrected chi connectivity index (χ3v) is 12.9. The van der Waals surface area contributed by atoms with Crippen LogP contribution in [0.2, 0.25) is 0 Å². The number of benzene rings is 11. The summed E-state index contributed by atoms with van der Waals surface area (Å²) in [7, 11) is 0. The van der Waals surface area contributed by atoms with E-state index in [9.17, 15) is 0 Å². The van der Waals surface area contributed by atoms with Crippen molar-refractivity contribution < 1.29 is 4.42 Å². The molecule has 0 fully saturated rings. The Hall–Kier alpha value is -8.40. The summed E-state index contributed by atoms with van der Waals surface area (Å²) in [6, 6.07) is 83.5. The van der Waals surface area contributed by atoms with Crippen LogP contribution in [-0.4, -0.2) is 4.57 Å². The topological polar surface area (TPSA) is 21.3 Å². The van der Waals surface area contributed by atoms with Crippen molar-refractivity contribution in [1.82, 2.24) is 4.57 Å². The highest BCUT2D eigenvalue weighted by Gasteiger charge is 2.24. The van der Waals surface area contributed by atoms with E-state index in [0.29, 0.717) is 0 Å². The highest BCUT2D eigenvalue weighted by atomic mass is 16.3. The largest absolute Gasteiger partial charge is 0.455 e. The number of aromatic nitrogens is 1. The first-order valence-electron chi connectivity index (χ1n) is 21.6. The van der Waals surface area contributed by atoms with Gasteiger partial charge in [0.2, 0.25) is 0 Å². The fourth-order valence-electron chi connectivity index (χ4n) is 10.1. The fraction of sp³-hybridized carbons (Fsp3) is 0. The van der Waals surface area contributed by atoms with Gasteiger partial charge in [-0.25, -0.2) is 0 Å². The molecule has 0 saturated heterocycles. The lowest BCUT2D eigenvalue weighted by Crippen LogP contribution is -2.14. The van der Waals surface area contributed by atoms with Gasteiger partial charge in [-0.2, -0.15) is 0 Å². The van der Waals surface area contributed by atoms with Crippen molar-refractivity contribution in [2.24, 2.45) is 0 Å². The van der Waals surface area contributed by atoms with Crippen molar-refractivity contribution in [1.29, 1.82) is 0 Å². The van der Waals surface area contributed by atoms with E-state index in [0.717, 1.165) is 66.8 Å². The van der Waals surface area contributed by atoms with E-state index < -0.39 is 0 Å². The Morgan fingerprint density at radius 2 is 0.889 bits per heavy atom. The van der Waals surface area contributed by atoms with Crippen molar-refractivity contribution in [2.75, 3.05) is 4.90 Å². The molecule has 2 heterocycles. The van der Waals surface area contributed by atoms with Gasteiger partial charge in [-0.15, -0.1) is 0 Å². The second kappa shape index (κ2) is 14.1. The number of fused-ring (bicyclic) bond motifs is 10. The van der Waals surface area contributed by atoms with Gasteiger partial charge in [-0.05, 0) is 104 Å².